The van der Waals surface area contributed by atoms with Crippen LogP contribution in [0.4, 0.5) is 0 Å². The monoisotopic (exact) mass is 239 g/mol. The number of hydrogen-bond donors (Lipinski definition) is 1. The minimum absolute atomic E-state index is 0.453. The van der Waals surface area contributed by atoms with Gasteiger partial charge in [-0.3, -0.25) is 9.80 Å². The van der Waals surface area contributed by atoms with Gasteiger partial charge in [-0.05, 0) is 39.7 Å². The van der Waals surface area contributed by atoms with Crippen molar-refractivity contribution < 1.29 is 0 Å². The van der Waals surface area contributed by atoms with E-state index in [1.165, 1.54) is 45.3 Å². The molecule has 0 aromatic rings. The Bertz CT molecular complexity index is 232. The molecule has 17 heavy (non-hydrogen) atoms. The molecular weight excluding hydrogens is 210 g/mol. The van der Waals surface area contributed by atoms with E-state index in [0.29, 0.717) is 18.1 Å². The van der Waals surface area contributed by atoms with Crippen molar-refractivity contribution in [1.29, 1.82) is 0 Å². The van der Waals surface area contributed by atoms with E-state index in [9.17, 15) is 0 Å². The van der Waals surface area contributed by atoms with Crippen LogP contribution in [0.5, 0.6) is 0 Å². The van der Waals surface area contributed by atoms with E-state index in [4.69, 9.17) is 5.73 Å². The van der Waals surface area contributed by atoms with E-state index >= 15 is 0 Å². The molecule has 0 amide bonds. The van der Waals surface area contributed by atoms with Gasteiger partial charge >= 0.3 is 0 Å². The third-order valence-electron chi connectivity index (χ3n) is 4.90. The number of hydrogen-bond acceptors (Lipinski definition) is 3. The lowest BCUT2D eigenvalue weighted by Gasteiger charge is -2.44. The highest BCUT2D eigenvalue weighted by molar-refractivity contribution is 4.86. The summed E-state index contributed by atoms with van der Waals surface area (Å²) in [5.74, 6) is 0.742. The third kappa shape index (κ3) is 3.21. The Kier molecular flexibility index (Phi) is 4.45. The number of nitrogens with two attached hydrogens (primary N) is 1. The summed E-state index contributed by atoms with van der Waals surface area (Å²) in [6.07, 6.45) is 5.31. The molecule has 2 N–H and O–H groups in total. The van der Waals surface area contributed by atoms with Crippen LogP contribution in [0.1, 0.15) is 39.5 Å². The molecule has 0 radical (unpaired) electrons. The normalized spacial score (nSPS) is 41.6. The second kappa shape index (κ2) is 5.68. The smallest absolute Gasteiger partial charge is 0.0195 e. The second-order valence-electron chi connectivity index (χ2n) is 6.29. The van der Waals surface area contributed by atoms with Crippen molar-refractivity contribution in [2.75, 3.05) is 26.7 Å². The largest absolute Gasteiger partial charge is 0.327 e. The topological polar surface area (TPSA) is 32.5 Å². The van der Waals surface area contributed by atoms with E-state index in [-0.39, 0.29) is 0 Å². The van der Waals surface area contributed by atoms with Gasteiger partial charge < -0.3 is 5.73 Å². The molecule has 0 bridgehead atoms. The maximum absolute atomic E-state index is 6.26. The Hall–Kier alpha value is -0.120. The maximum atomic E-state index is 6.26. The Morgan fingerprint density at radius 3 is 2.24 bits per heavy atom. The van der Waals surface area contributed by atoms with Crippen LogP contribution in [0.25, 0.3) is 0 Å². The van der Waals surface area contributed by atoms with Gasteiger partial charge in [-0.1, -0.05) is 12.8 Å². The third-order valence-corrected chi connectivity index (χ3v) is 4.90. The van der Waals surface area contributed by atoms with Crippen molar-refractivity contribution in [3.05, 3.63) is 0 Å². The van der Waals surface area contributed by atoms with Gasteiger partial charge in [-0.25, -0.2) is 0 Å². The number of piperazine rings is 1. The van der Waals surface area contributed by atoms with Gasteiger partial charge in [-0.2, -0.15) is 0 Å². The summed E-state index contributed by atoms with van der Waals surface area (Å²) in [5, 5.41) is 0. The highest BCUT2D eigenvalue weighted by Crippen LogP contribution is 2.25. The zero-order valence-electron chi connectivity index (χ0n) is 11.7. The Labute approximate surface area is 106 Å². The van der Waals surface area contributed by atoms with Crippen molar-refractivity contribution in [2.45, 2.75) is 57.7 Å². The van der Waals surface area contributed by atoms with Crippen LogP contribution in [0.2, 0.25) is 0 Å². The molecule has 1 saturated carbocycles. The van der Waals surface area contributed by atoms with Gasteiger partial charge in [0.2, 0.25) is 0 Å². The highest BCUT2D eigenvalue weighted by atomic mass is 15.3. The zero-order chi connectivity index (χ0) is 12.4. The number of rotatable bonds is 2. The van der Waals surface area contributed by atoms with Crippen molar-refractivity contribution in [1.82, 2.24) is 9.80 Å². The summed E-state index contributed by atoms with van der Waals surface area (Å²) in [7, 11) is 2.25. The first-order valence-electron chi connectivity index (χ1n) is 7.27. The van der Waals surface area contributed by atoms with Crippen molar-refractivity contribution in [2.24, 2.45) is 11.7 Å². The maximum Gasteiger partial charge on any atom is 0.0195 e. The van der Waals surface area contributed by atoms with E-state index in [1.807, 2.05) is 0 Å². The fourth-order valence-electron chi connectivity index (χ4n) is 3.46. The molecule has 0 spiro atoms. The SMILES string of the molecule is CC1CN(CC2CCCCC2N)CC(C)N1C. The van der Waals surface area contributed by atoms with Crippen molar-refractivity contribution in [3.63, 3.8) is 0 Å². The van der Waals surface area contributed by atoms with Crippen LogP contribution in [0.15, 0.2) is 0 Å². The fraction of sp³-hybridized carbons (Fsp3) is 1.00. The summed E-state index contributed by atoms with van der Waals surface area (Å²) in [6.45, 7) is 8.32. The lowest BCUT2D eigenvalue weighted by atomic mass is 9.84. The van der Waals surface area contributed by atoms with Gasteiger partial charge in [0.15, 0.2) is 0 Å². The highest BCUT2D eigenvalue weighted by Gasteiger charge is 2.30. The minimum atomic E-state index is 0.453. The minimum Gasteiger partial charge on any atom is -0.327 e. The van der Waals surface area contributed by atoms with Crippen LogP contribution in [0.3, 0.4) is 0 Å². The molecule has 4 atom stereocenters. The first-order valence-corrected chi connectivity index (χ1v) is 7.27. The van der Waals surface area contributed by atoms with Crippen LogP contribution in [-0.4, -0.2) is 54.6 Å². The molecule has 1 saturated heterocycles. The molecule has 1 aliphatic heterocycles. The summed E-state index contributed by atoms with van der Waals surface area (Å²) < 4.78 is 0. The molecular formula is C14H29N3. The molecule has 0 aromatic heterocycles. The number of nitrogens with zero attached hydrogens (tertiary/aromatic N) is 2. The van der Waals surface area contributed by atoms with Gasteiger partial charge in [-0.15, -0.1) is 0 Å². The van der Waals surface area contributed by atoms with Gasteiger partial charge in [0.1, 0.15) is 0 Å². The standard InChI is InChI=1S/C14H29N3/c1-11-8-17(9-12(2)16(11)3)10-13-6-4-5-7-14(13)15/h11-14H,4-10,15H2,1-3H3. The zero-order valence-corrected chi connectivity index (χ0v) is 11.7. The van der Waals surface area contributed by atoms with Crippen LogP contribution < -0.4 is 5.73 Å². The molecule has 1 aliphatic carbocycles. The molecule has 0 aromatic carbocycles. The summed E-state index contributed by atoms with van der Waals surface area (Å²) in [4.78, 5) is 5.14. The first-order chi connectivity index (χ1) is 8.08. The predicted octanol–water partition coefficient (Wildman–Crippen LogP) is 1.53. The van der Waals surface area contributed by atoms with E-state index in [2.05, 4.69) is 30.7 Å². The lowest BCUT2D eigenvalue weighted by Crippen LogP contribution is -2.56. The van der Waals surface area contributed by atoms with Gasteiger partial charge in [0, 0.05) is 37.8 Å². The van der Waals surface area contributed by atoms with Crippen LogP contribution in [0, 0.1) is 5.92 Å². The quantitative estimate of drug-likeness (QED) is 0.793. The predicted molar refractivity (Wildman–Crippen MR) is 73.1 cm³/mol. The summed E-state index contributed by atoms with van der Waals surface area (Å²) in [6, 6.07) is 1.81. The van der Waals surface area contributed by atoms with Gasteiger partial charge in [0.25, 0.3) is 0 Å². The number of likely N-dealkylation sites (N-methyl/N-ethyl adjacent to an activating group) is 1. The summed E-state index contributed by atoms with van der Waals surface area (Å²) in [5.41, 5.74) is 6.26. The Morgan fingerprint density at radius 2 is 1.65 bits per heavy atom. The average molecular weight is 239 g/mol. The Morgan fingerprint density at radius 1 is 1.06 bits per heavy atom. The Balaban J connectivity index is 1.86. The van der Waals surface area contributed by atoms with E-state index in [0.717, 1.165) is 5.92 Å². The molecule has 3 heteroatoms. The molecule has 1 heterocycles. The average Bonchev–Trinajstić information content (AvgIpc) is 2.29. The molecule has 4 unspecified atom stereocenters. The van der Waals surface area contributed by atoms with Gasteiger partial charge in [0.05, 0.1) is 0 Å². The van der Waals surface area contributed by atoms with Crippen LogP contribution >= 0.6 is 0 Å². The first kappa shape index (κ1) is 13.3. The summed E-state index contributed by atoms with van der Waals surface area (Å²) >= 11 is 0. The fourth-order valence-corrected chi connectivity index (χ4v) is 3.46. The second-order valence-corrected chi connectivity index (χ2v) is 6.29. The van der Waals surface area contributed by atoms with Crippen molar-refractivity contribution >= 4 is 0 Å². The van der Waals surface area contributed by atoms with Crippen molar-refractivity contribution in [3.8, 4) is 0 Å². The van der Waals surface area contributed by atoms with Crippen LogP contribution in [-0.2, 0) is 0 Å². The molecule has 2 fully saturated rings. The molecule has 2 aliphatic rings. The lowest BCUT2D eigenvalue weighted by molar-refractivity contribution is 0.0442. The molecule has 100 valence electrons. The van der Waals surface area contributed by atoms with E-state index < -0.39 is 0 Å². The molecule has 3 nitrogen and oxygen atoms in total. The van der Waals surface area contributed by atoms with E-state index in [1.54, 1.807) is 0 Å². The molecule has 2 rings (SSSR count).